The van der Waals surface area contributed by atoms with Crippen molar-refractivity contribution in [3.8, 4) is 0 Å². The van der Waals surface area contributed by atoms with Gasteiger partial charge in [-0.15, -0.1) is 0 Å². The third kappa shape index (κ3) is 5.56. The van der Waals surface area contributed by atoms with E-state index in [4.69, 9.17) is 16.3 Å². The van der Waals surface area contributed by atoms with Crippen molar-refractivity contribution in [2.24, 2.45) is 0 Å². The van der Waals surface area contributed by atoms with Gasteiger partial charge in [-0.25, -0.2) is 4.39 Å². The second-order valence-corrected chi connectivity index (χ2v) is 5.74. The molecule has 2 aromatic carbocycles. The molecule has 0 fully saturated rings. The molecule has 0 unspecified atom stereocenters. The Labute approximate surface area is 154 Å². The lowest BCUT2D eigenvalue weighted by molar-refractivity contribution is -0.146. The van der Waals surface area contributed by atoms with Crippen molar-refractivity contribution in [1.82, 2.24) is 5.32 Å². The zero-order valence-electron chi connectivity index (χ0n) is 13.8. The predicted octanol–water partition coefficient (Wildman–Crippen LogP) is 2.70. The highest BCUT2D eigenvalue weighted by Gasteiger charge is 2.13. The molecule has 0 atom stereocenters. The Morgan fingerprint density at radius 1 is 1.15 bits per heavy atom. The number of benzene rings is 2. The number of anilines is 1. The van der Waals surface area contributed by atoms with Gasteiger partial charge in [0.25, 0.3) is 11.8 Å². The van der Waals surface area contributed by atoms with E-state index in [9.17, 15) is 18.8 Å². The largest absolute Gasteiger partial charge is 0.454 e. The van der Waals surface area contributed by atoms with Crippen LogP contribution in [-0.4, -0.2) is 30.9 Å². The van der Waals surface area contributed by atoms with Crippen LogP contribution in [0, 0.1) is 12.7 Å². The minimum absolute atomic E-state index is 0.186. The average molecular weight is 379 g/mol. The zero-order chi connectivity index (χ0) is 19.1. The summed E-state index contributed by atoms with van der Waals surface area (Å²) in [5, 5.41) is 5.25. The Bertz CT molecular complexity index is 842. The fraction of sp³-hybridized carbons (Fsp3) is 0.167. The Kier molecular flexibility index (Phi) is 6.68. The Balaban J connectivity index is 1.76. The lowest BCUT2D eigenvalue weighted by atomic mass is 10.2. The molecule has 0 heterocycles. The van der Waals surface area contributed by atoms with Crippen LogP contribution in [0.4, 0.5) is 10.1 Å². The zero-order valence-corrected chi connectivity index (χ0v) is 14.6. The van der Waals surface area contributed by atoms with Crippen LogP contribution in [0.3, 0.4) is 0 Å². The topological polar surface area (TPSA) is 84.5 Å². The van der Waals surface area contributed by atoms with E-state index in [2.05, 4.69) is 10.6 Å². The maximum absolute atomic E-state index is 13.4. The number of carbonyl (C=O) groups is 3. The van der Waals surface area contributed by atoms with Gasteiger partial charge < -0.3 is 15.4 Å². The molecule has 8 heteroatoms. The first-order chi connectivity index (χ1) is 12.4. The standard InChI is InChI=1S/C18H16ClFN2O4/c1-11-6-7-12(8-14(11)19)22-16(23)10-26-17(24)9-21-18(25)13-4-2-3-5-15(13)20/h2-8H,9-10H2,1H3,(H,21,25)(H,22,23). The molecular weight excluding hydrogens is 363 g/mol. The molecule has 0 radical (unpaired) electrons. The van der Waals surface area contributed by atoms with E-state index in [1.54, 1.807) is 18.2 Å². The van der Waals surface area contributed by atoms with E-state index in [0.717, 1.165) is 11.6 Å². The minimum atomic E-state index is -0.827. The van der Waals surface area contributed by atoms with Crippen LogP contribution in [0.2, 0.25) is 5.02 Å². The van der Waals surface area contributed by atoms with Crippen LogP contribution in [0.15, 0.2) is 42.5 Å². The smallest absolute Gasteiger partial charge is 0.325 e. The Morgan fingerprint density at radius 2 is 1.88 bits per heavy atom. The molecule has 2 aromatic rings. The van der Waals surface area contributed by atoms with Crippen LogP contribution in [0.1, 0.15) is 15.9 Å². The summed E-state index contributed by atoms with van der Waals surface area (Å²) in [6.45, 7) is 0.808. The molecule has 0 aliphatic heterocycles. The average Bonchev–Trinajstić information content (AvgIpc) is 2.61. The van der Waals surface area contributed by atoms with Gasteiger partial charge in [0.2, 0.25) is 0 Å². The summed E-state index contributed by atoms with van der Waals surface area (Å²) < 4.78 is 18.2. The number of nitrogens with one attached hydrogen (secondary N) is 2. The van der Waals surface area contributed by atoms with Crippen molar-refractivity contribution in [2.45, 2.75) is 6.92 Å². The first-order valence-corrected chi connectivity index (χ1v) is 7.99. The molecule has 2 rings (SSSR count). The second-order valence-electron chi connectivity index (χ2n) is 5.34. The molecule has 0 spiro atoms. The van der Waals surface area contributed by atoms with Crippen molar-refractivity contribution in [3.63, 3.8) is 0 Å². The highest BCUT2D eigenvalue weighted by atomic mass is 35.5. The number of hydrogen-bond acceptors (Lipinski definition) is 4. The van der Waals surface area contributed by atoms with Gasteiger partial charge in [-0.3, -0.25) is 14.4 Å². The second kappa shape index (κ2) is 8.96. The fourth-order valence-corrected chi connectivity index (χ4v) is 2.14. The van der Waals surface area contributed by atoms with E-state index >= 15 is 0 Å². The molecule has 6 nitrogen and oxygen atoms in total. The van der Waals surface area contributed by atoms with Crippen molar-refractivity contribution in [2.75, 3.05) is 18.5 Å². The lowest BCUT2D eigenvalue weighted by Crippen LogP contribution is -2.32. The van der Waals surface area contributed by atoms with Crippen molar-refractivity contribution in [1.29, 1.82) is 0 Å². The lowest BCUT2D eigenvalue weighted by Gasteiger charge is -2.08. The van der Waals surface area contributed by atoms with Crippen LogP contribution < -0.4 is 10.6 Å². The van der Waals surface area contributed by atoms with E-state index in [1.807, 2.05) is 6.92 Å². The molecule has 2 amide bonds. The highest BCUT2D eigenvalue weighted by Crippen LogP contribution is 2.19. The molecule has 0 aliphatic rings. The van der Waals surface area contributed by atoms with Crippen LogP contribution in [0.5, 0.6) is 0 Å². The van der Waals surface area contributed by atoms with Gasteiger partial charge in [-0.2, -0.15) is 0 Å². The van der Waals surface area contributed by atoms with Crippen LogP contribution >= 0.6 is 11.6 Å². The Hall–Kier alpha value is -2.93. The summed E-state index contributed by atoms with van der Waals surface area (Å²) in [5.74, 6) is -2.83. The van der Waals surface area contributed by atoms with Gasteiger partial charge in [0.05, 0.1) is 5.56 Å². The number of esters is 1. The summed E-state index contributed by atoms with van der Waals surface area (Å²) >= 11 is 5.95. The first-order valence-electron chi connectivity index (χ1n) is 7.61. The molecule has 2 N–H and O–H groups in total. The van der Waals surface area contributed by atoms with Gasteiger partial charge in [0, 0.05) is 10.7 Å². The molecule has 0 saturated heterocycles. The van der Waals surface area contributed by atoms with Gasteiger partial charge >= 0.3 is 5.97 Å². The SMILES string of the molecule is Cc1ccc(NC(=O)COC(=O)CNC(=O)c2ccccc2F)cc1Cl. The monoisotopic (exact) mass is 378 g/mol. The number of rotatable bonds is 6. The summed E-state index contributed by atoms with van der Waals surface area (Å²) in [4.78, 5) is 35.1. The van der Waals surface area contributed by atoms with Crippen molar-refractivity contribution >= 4 is 35.1 Å². The number of hydrogen-bond donors (Lipinski definition) is 2. The number of ether oxygens (including phenoxy) is 1. The molecule has 0 bridgehead atoms. The van der Waals surface area contributed by atoms with Crippen LogP contribution in [-0.2, 0) is 14.3 Å². The number of halogens is 2. The maximum Gasteiger partial charge on any atom is 0.325 e. The highest BCUT2D eigenvalue weighted by molar-refractivity contribution is 6.31. The van der Waals surface area contributed by atoms with E-state index in [0.29, 0.717) is 10.7 Å². The van der Waals surface area contributed by atoms with Gasteiger partial charge in [-0.05, 0) is 36.8 Å². The third-order valence-electron chi connectivity index (χ3n) is 3.33. The molecule has 26 heavy (non-hydrogen) atoms. The number of amides is 2. The predicted molar refractivity (Wildman–Crippen MR) is 94.5 cm³/mol. The van der Waals surface area contributed by atoms with Gasteiger partial charge in [-0.1, -0.05) is 29.8 Å². The molecule has 0 saturated carbocycles. The van der Waals surface area contributed by atoms with E-state index in [-0.39, 0.29) is 5.56 Å². The summed E-state index contributed by atoms with van der Waals surface area (Å²) in [6, 6.07) is 10.3. The first kappa shape index (κ1) is 19.4. The molecule has 0 aliphatic carbocycles. The van der Waals surface area contributed by atoms with Crippen molar-refractivity contribution in [3.05, 3.63) is 64.4 Å². The molecular formula is C18H16ClFN2O4. The van der Waals surface area contributed by atoms with Crippen molar-refractivity contribution < 1.29 is 23.5 Å². The van der Waals surface area contributed by atoms with E-state index < -0.39 is 36.8 Å². The fourth-order valence-electron chi connectivity index (χ4n) is 1.96. The van der Waals surface area contributed by atoms with Gasteiger partial charge in [0.15, 0.2) is 6.61 Å². The summed E-state index contributed by atoms with van der Waals surface area (Å²) in [5.41, 5.74) is 1.14. The number of carbonyl (C=O) groups excluding carboxylic acids is 3. The minimum Gasteiger partial charge on any atom is -0.454 e. The Morgan fingerprint density at radius 3 is 2.58 bits per heavy atom. The molecule has 136 valence electrons. The maximum atomic E-state index is 13.4. The van der Waals surface area contributed by atoms with Gasteiger partial charge in [0.1, 0.15) is 12.4 Å². The van der Waals surface area contributed by atoms with Crippen LogP contribution in [0.25, 0.3) is 0 Å². The number of aryl methyl sites for hydroxylation is 1. The third-order valence-corrected chi connectivity index (χ3v) is 3.74. The molecule has 0 aromatic heterocycles. The quantitative estimate of drug-likeness (QED) is 0.757. The van der Waals surface area contributed by atoms with E-state index in [1.165, 1.54) is 18.2 Å². The summed E-state index contributed by atoms with van der Waals surface area (Å²) in [6.07, 6.45) is 0. The summed E-state index contributed by atoms with van der Waals surface area (Å²) in [7, 11) is 0. The normalized spacial score (nSPS) is 10.1.